The van der Waals surface area contributed by atoms with Crippen LogP contribution in [0.3, 0.4) is 0 Å². The van der Waals surface area contributed by atoms with E-state index >= 15 is 0 Å². The summed E-state index contributed by atoms with van der Waals surface area (Å²) in [6.45, 7) is 2.31. The lowest BCUT2D eigenvalue weighted by atomic mass is 10.1. The number of nitrogens with zero attached hydrogens (tertiary/aromatic N) is 3. The van der Waals surface area contributed by atoms with Gasteiger partial charge in [0.15, 0.2) is 0 Å². The van der Waals surface area contributed by atoms with E-state index in [2.05, 4.69) is 15.3 Å². The monoisotopic (exact) mass is 374 g/mol. The van der Waals surface area contributed by atoms with Crippen molar-refractivity contribution in [1.29, 1.82) is 0 Å². The van der Waals surface area contributed by atoms with E-state index in [9.17, 15) is 4.79 Å². The van der Waals surface area contributed by atoms with E-state index in [4.69, 9.17) is 9.72 Å². The van der Waals surface area contributed by atoms with Gasteiger partial charge in [0.05, 0.1) is 29.0 Å². The first-order valence-electron chi connectivity index (χ1n) is 8.99. The van der Waals surface area contributed by atoms with Crippen molar-refractivity contribution < 1.29 is 9.53 Å². The van der Waals surface area contributed by atoms with Gasteiger partial charge in [-0.25, -0.2) is 4.98 Å². The third-order valence-electron chi connectivity index (χ3n) is 4.19. The van der Waals surface area contributed by atoms with Crippen molar-refractivity contribution in [3.8, 4) is 0 Å². The van der Waals surface area contributed by atoms with Gasteiger partial charge in [-0.1, -0.05) is 30.4 Å². The van der Waals surface area contributed by atoms with Crippen LogP contribution in [0, 0.1) is 0 Å². The number of methoxy groups -OCH3 is 1. The second kappa shape index (κ2) is 9.53. The number of carbonyl (C=O) groups is 1. The molecule has 0 fully saturated rings. The summed E-state index contributed by atoms with van der Waals surface area (Å²) in [4.78, 5) is 25.3. The molecule has 28 heavy (non-hydrogen) atoms. The normalized spacial score (nSPS) is 13.0. The van der Waals surface area contributed by atoms with Crippen molar-refractivity contribution in [2.45, 2.75) is 13.0 Å². The van der Waals surface area contributed by atoms with Gasteiger partial charge in [-0.3, -0.25) is 14.8 Å². The van der Waals surface area contributed by atoms with Gasteiger partial charge in [-0.05, 0) is 36.8 Å². The molecule has 0 saturated heterocycles. The van der Waals surface area contributed by atoms with Gasteiger partial charge < -0.3 is 10.1 Å². The highest BCUT2D eigenvalue weighted by atomic mass is 16.5. The van der Waals surface area contributed by atoms with E-state index < -0.39 is 0 Å². The van der Waals surface area contributed by atoms with Gasteiger partial charge in [-0.15, -0.1) is 0 Å². The number of benzene rings is 1. The molecular weight excluding hydrogens is 352 g/mol. The number of ether oxygens (including phenoxy) is 1. The zero-order valence-electron chi connectivity index (χ0n) is 15.9. The van der Waals surface area contributed by atoms with Crippen molar-refractivity contribution in [2.75, 3.05) is 13.7 Å². The lowest BCUT2D eigenvalue weighted by Gasteiger charge is -2.07. The van der Waals surface area contributed by atoms with Gasteiger partial charge in [0, 0.05) is 31.6 Å². The molecule has 6 heteroatoms. The van der Waals surface area contributed by atoms with Crippen LogP contribution in [0.15, 0.2) is 73.2 Å². The first-order chi connectivity index (χ1) is 13.7. The predicted molar refractivity (Wildman–Crippen MR) is 110 cm³/mol. The van der Waals surface area contributed by atoms with Crippen LogP contribution in [0.1, 0.15) is 23.0 Å². The maximum absolute atomic E-state index is 12.2. The lowest BCUT2D eigenvalue weighted by molar-refractivity contribution is 0.0958. The molecule has 2 heterocycles. The number of nitrogens with one attached hydrogen (secondary N) is 1. The number of para-hydroxylation sites is 2. The van der Waals surface area contributed by atoms with E-state index in [1.165, 1.54) is 0 Å². The summed E-state index contributed by atoms with van der Waals surface area (Å²) in [6.07, 6.45) is 10.7. The molecule has 3 aromatic rings. The smallest absolute Gasteiger partial charge is 0.251 e. The minimum Gasteiger partial charge on any atom is -0.378 e. The third kappa shape index (κ3) is 5.08. The summed E-state index contributed by atoms with van der Waals surface area (Å²) in [5.41, 5.74) is 3.82. The van der Waals surface area contributed by atoms with Gasteiger partial charge in [0.25, 0.3) is 5.91 Å². The number of fused-ring (bicyclic) bond motifs is 1. The number of rotatable bonds is 7. The second-order valence-corrected chi connectivity index (χ2v) is 6.15. The molecule has 142 valence electrons. The van der Waals surface area contributed by atoms with Gasteiger partial charge >= 0.3 is 0 Å². The summed E-state index contributed by atoms with van der Waals surface area (Å²) in [5.74, 6) is -0.156. The Morgan fingerprint density at radius 3 is 2.68 bits per heavy atom. The highest BCUT2D eigenvalue weighted by molar-refractivity contribution is 5.94. The van der Waals surface area contributed by atoms with Crippen LogP contribution in [-0.2, 0) is 4.74 Å². The second-order valence-electron chi connectivity index (χ2n) is 6.15. The number of hydrogen-bond donors (Lipinski definition) is 1. The molecule has 6 nitrogen and oxygen atoms in total. The Balaban J connectivity index is 1.82. The summed E-state index contributed by atoms with van der Waals surface area (Å²) in [6, 6.07) is 11.1. The molecule has 0 aliphatic carbocycles. The van der Waals surface area contributed by atoms with E-state index in [-0.39, 0.29) is 12.0 Å². The van der Waals surface area contributed by atoms with Crippen LogP contribution in [-0.4, -0.2) is 40.6 Å². The zero-order valence-corrected chi connectivity index (χ0v) is 15.9. The van der Waals surface area contributed by atoms with Crippen molar-refractivity contribution >= 4 is 22.5 Å². The molecule has 0 aliphatic heterocycles. The van der Waals surface area contributed by atoms with Crippen molar-refractivity contribution in [3.63, 3.8) is 0 Å². The van der Waals surface area contributed by atoms with Gasteiger partial charge in [0.1, 0.15) is 0 Å². The van der Waals surface area contributed by atoms with Crippen LogP contribution in [0.5, 0.6) is 0 Å². The Morgan fingerprint density at radius 2 is 1.93 bits per heavy atom. The maximum atomic E-state index is 12.2. The standard InChI is InChI=1S/C22H22N4O2/c1-16(28-2)7-8-17(11-14-24-22(27)18-9-12-23-13-10-18)21-15-25-19-5-3-4-6-20(19)26-21/h3-13,15-16H,14H2,1-2H3,(H,24,27)/b8-7-,17-11+. The van der Waals surface area contributed by atoms with Gasteiger partial charge in [0.2, 0.25) is 0 Å². The fourth-order valence-corrected chi connectivity index (χ4v) is 2.53. The topological polar surface area (TPSA) is 77.0 Å². The number of carbonyl (C=O) groups excluding carboxylic acids is 1. The SMILES string of the molecule is COC(C)/C=C\C(=C/CNC(=O)c1ccncc1)c1cnc2ccccc2n1. The van der Waals surface area contributed by atoms with E-state index in [1.54, 1.807) is 37.8 Å². The quantitative estimate of drug-likeness (QED) is 0.641. The molecular formula is C22H22N4O2. The lowest BCUT2D eigenvalue weighted by Crippen LogP contribution is -2.23. The molecule has 1 N–H and O–H groups in total. The summed E-state index contributed by atoms with van der Waals surface area (Å²) in [7, 11) is 1.66. The van der Waals surface area contributed by atoms with Crippen LogP contribution >= 0.6 is 0 Å². The van der Waals surface area contributed by atoms with Crippen molar-refractivity contribution in [1.82, 2.24) is 20.3 Å². The highest BCUT2D eigenvalue weighted by Crippen LogP contribution is 2.17. The average Bonchev–Trinajstić information content (AvgIpc) is 2.75. The van der Waals surface area contributed by atoms with Crippen molar-refractivity contribution in [3.05, 3.63) is 84.5 Å². The minimum atomic E-state index is -0.156. The van der Waals surface area contributed by atoms with Crippen LogP contribution in [0.4, 0.5) is 0 Å². The average molecular weight is 374 g/mol. The Morgan fingerprint density at radius 1 is 1.18 bits per heavy atom. The first-order valence-corrected chi connectivity index (χ1v) is 8.99. The number of amides is 1. The fraction of sp³-hybridized carbons (Fsp3) is 0.182. The van der Waals surface area contributed by atoms with Crippen LogP contribution < -0.4 is 5.32 Å². The molecule has 1 aromatic carbocycles. The van der Waals surface area contributed by atoms with Crippen molar-refractivity contribution in [2.24, 2.45) is 0 Å². The molecule has 0 bridgehead atoms. The molecule has 0 radical (unpaired) electrons. The first kappa shape index (κ1) is 19.4. The number of hydrogen-bond acceptors (Lipinski definition) is 5. The summed E-state index contributed by atoms with van der Waals surface area (Å²) < 4.78 is 5.28. The molecule has 1 amide bonds. The van der Waals surface area contributed by atoms with E-state index in [0.29, 0.717) is 12.1 Å². The molecule has 0 saturated carbocycles. The molecule has 0 aliphatic rings. The third-order valence-corrected chi connectivity index (χ3v) is 4.19. The fourth-order valence-electron chi connectivity index (χ4n) is 2.53. The zero-order chi connectivity index (χ0) is 19.8. The summed E-state index contributed by atoms with van der Waals surface area (Å²) in [5, 5.41) is 2.88. The summed E-state index contributed by atoms with van der Waals surface area (Å²) >= 11 is 0. The van der Waals surface area contributed by atoms with Gasteiger partial charge in [-0.2, -0.15) is 0 Å². The molecule has 2 aromatic heterocycles. The number of pyridine rings is 1. The Labute approximate surface area is 164 Å². The van der Waals surface area contributed by atoms with Crippen LogP contribution in [0.2, 0.25) is 0 Å². The number of allylic oxidation sites excluding steroid dienone is 2. The minimum absolute atomic E-state index is 0.0387. The largest absolute Gasteiger partial charge is 0.378 e. The Hall–Kier alpha value is -3.38. The molecule has 1 unspecified atom stereocenters. The van der Waals surface area contributed by atoms with Crippen LogP contribution in [0.25, 0.3) is 16.6 Å². The Kier molecular flexibility index (Phi) is 6.59. The molecule has 0 spiro atoms. The van der Waals surface area contributed by atoms with E-state index in [0.717, 1.165) is 22.3 Å². The van der Waals surface area contributed by atoms with E-state index in [1.807, 2.05) is 49.4 Å². The number of aromatic nitrogens is 3. The highest BCUT2D eigenvalue weighted by Gasteiger charge is 2.06. The molecule has 3 rings (SSSR count). The maximum Gasteiger partial charge on any atom is 0.251 e. The Bertz CT molecular complexity index is 1000. The molecule has 1 atom stereocenters. The predicted octanol–water partition coefficient (Wildman–Crippen LogP) is 3.43.